The molecule has 1 unspecified atom stereocenters. The van der Waals surface area contributed by atoms with Gasteiger partial charge in [0.2, 0.25) is 0 Å². The second-order valence-electron chi connectivity index (χ2n) is 3.85. The third kappa shape index (κ3) is 3.94. The fourth-order valence-corrected chi connectivity index (χ4v) is 1.84. The average Bonchev–Trinajstić information content (AvgIpc) is 2.14. The van der Waals surface area contributed by atoms with E-state index in [2.05, 4.69) is 19.1 Å². The maximum atomic E-state index is 4.00. The topological polar surface area (TPSA) is 0 Å². The highest BCUT2D eigenvalue weighted by atomic mass is 14.1. The molecule has 0 spiro atoms. The Balaban J connectivity index is 2.29. The molecule has 0 saturated heterocycles. The average molecular weight is 165 g/mol. The number of hydrogen-bond donors (Lipinski definition) is 0. The van der Waals surface area contributed by atoms with E-state index in [1.165, 1.54) is 44.9 Å². The van der Waals surface area contributed by atoms with Gasteiger partial charge in [-0.25, -0.2) is 0 Å². The molecular formula is C12H21. The first-order valence-electron chi connectivity index (χ1n) is 5.37. The Labute approximate surface area is 77.1 Å². The zero-order valence-corrected chi connectivity index (χ0v) is 8.10. The molecule has 1 rings (SSSR count). The molecule has 1 aliphatic carbocycles. The molecule has 0 bridgehead atoms. The lowest BCUT2D eigenvalue weighted by molar-refractivity contribution is 0.455. The number of hydrogen-bond acceptors (Lipinski definition) is 0. The predicted molar refractivity (Wildman–Crippen MR) is 54.9 cm³/mol. The minimum atomic E-state index is 0.861. The first-order valence-corrected chi connectivity index (χ1v) is 5.37. The van der Waals surface area contributed by atoms with E-state index in [-0.39, 0.29) is 0 Å². The molecular weight excluding hydrogens is 144 g/mol. The minimum Gasteiger partial charge on any atom is -0.0885 e. The van der Waals surface area contributed by atoms with Gasteiger partial charge in [-0.15, -0.1) is 0 Å². The molecule has 12 heavy (non-hydrogen) atoms. The molecule has 0 aromatic heterocycles. The van der Waals surface area contributed by atoms with Crippen LogP contribution >= 0.6 is 0 Å². The summed E-state index contributed by atoms with van der Waals surface area (Å²) < 4.78 is 0. The van der Waals surface area contributed by atoms with E-state index < -0.39 is 0 Å². The fraction of sp³-hybridized carbons (Fsp3) is 0.750. The Morgan fingerprint density at radius 2 is 1.92 bits per heavy atom. The second-order valence-corrected chi connectivity index (χ2v) is 3.85. The first-order chi connectivity index (χ1) is 5.93. The van der Waals surface area contributed by atoms with Crippen molar-refractivity contribution in [3.63, 3.8) is 0 Å². The van der Waals surface area contributed by atoms with Gasteiger partial charge in [0.1, 0.15) is 0 Å². The van der Waals surface area contributed by atoms with Crippen LogP contribution in [0.3, 0.4) is 0 Å². The summed E-state index contributed by atoms with van der Waals surface area (Å²) in [5.41, 5.74) is 0. The van der Waals surface area contributed by atoms with E-state index in [1.54, 1.807) is 0 Å². The van der Waals surface area contributed by atoms with Gasteiger partial charge in [-0.05, 0) is 25.2 Å². The molecule has 1 aliphatic rings. The highest BCUT2D eigenvalue weighted by molar-refractivity contribution is 4.85. The molecule has 0 heterocycles. The quantitative estimate of drug-likeness (QED) is 0.512. The van der Waals surface area contributed by atoms with Gasteiger partial charge < -0.3 is 0 Å². The van der Waals surface area contributed by atoms with Crippen LogP contribution in [0.25, 0.3) is 0 Å². The predicted octanol–water partition coefficient (Wildman–Crippen LogP) is 4.13. The summed E-state index contributed by atoms with van der Waals surface area (Å²) in [5.74, 6) is 0.861. The molecule has 0 amide bonds. The fourth-order valence-electron chi connectivity index (χ4n) is 1.84. The first kappa shape index (κ1) is 9.83. The van der Waals surface area contributed by atoms with E-state index >= 15 is 0 Å². The van der Waals surface area contributed by atoms with E-state index in [9.17, 15) is 0 Å². The van der Waals surface area contributed by atoms with Crippen molar-refractivity contribution in [3.05, 3.63) is 19.1 Å². The molecule has 0 aromatic rings. The van der Waals surface area contributed by atoms with Crippen molar-refractivity contribution < 1.29 is 0 Å². The van der Waals surface area contributed by atoms with Crippen molar-refractivity contribution in [2.45, 2.75) is 51.4 Å². The lowest BCUT2D eigenvalue weighted by Crippen LogP contribution is -1.98. The highest BCUT2D eigenvalue weighted by Gasteiger charge is 2.04. The molecule has 0 nitrogen and oxygen atoms in total. The largest absolute Gasteiger partial charge is 0.0885 e. The molecule has 1 radical (unpaired) electrons. The Morgan fingerprint density at radius 3 is 2.75 bits per heavy atom. The van der Waals surface area contributed by atoms with Crippen LogP contribution in [-0.2, 0) is 0 Å². The standard InChI is InChI=1S/C12H21/c1-2-12-10-8-6-4-3-5-7-9-11-12/h6,8,12H,1-5,7,9-11H2/b8-6+. The van der Waals surface area contributed by atoms with Gasteiger partial charge in [-0.1, -0.05) is 51.2 Å². The molecule has 69 valence electrons. The van der Waals surface area contributed by atoms with Crippen LogP contribution in [0.5, 0.6) is 0 Å². The summed E-state index contributed by atoms with van der Waals surface area (Å²) in [6, 6.07) is 0. The lowest BCUT2D eigenvalue weighted by Gasteiger charge is -2.13. The van der Waals surface area contributed by atoms with Crippen molar-refractivity contribution in [1.82, 2.24) is 0 Å². The highest BCUT2D eigenvalue weighted by Crippen LogP contribution is 2.19. The van der Waals surface area contributed by atoms with Crippen molar-refractivity contribution in [3.8, 4) is 0 Å². The van der Waals surface area contributed by atoms with Crippen molar-refractivity contribution in [2.24, 2.45) is 5.92 Å². The number of allylic oxidation sites excluding steroid dienone is 2. The van der Waals surface area contributed by atoms with Crippen LogP contribution in [0, 0.1) is 12.8 Å². The number of rotatable bonds is 1. The zero-order chi connectivity index (χ0) is 8.65. The van der Waals surface area contributed by atoms with Crippen LogP contribution in [0.2, 0.25) is 0 Å². The Kier molecular flexibility index (Phi) is 5.14. The zero-order valence-electron chi connectivity index (χ0n) is 8.10. The molecule has 0 fully saturated rings. The molecule has 1 atom stereocenters. The molecule has 0 saturated carbocycles. The molecule has 0 aliphatic heterocycles. The SMILES string of the molecule is [CH2]CC1C/C=C/CCCCCC1. The van der Waals surface area contributed by atoms with Gasteiger partial charge in [0.15, 0.2) is 0 Å². The van der Waals surface area contributed by atoms with Crippen LogP contribution in [-0.4, -0.2) is 0 Å². The smallest absolute Gasteiger partial charge is 0.0322 e. The van der Waals surface area contributed by atoms with Gasteiger partial charge >= 0.3 is 0 Å². The third-order valence-corrected chi connectivity index (χ3v) is 2.78. The maximum Gasteiger partial charge on any atom is -0.0322 e. The van der Waals surface area contributed by atoms with Crippen molar-refractivity contribution in [2.75, 3.05) is 0 Å². The van der Waals surface area contributed by atoms with Crippen LogP contribution in [0.15, 0.2) is 12.2 Å². The normalized spacial score (nSPS) is 29.6. The van der Waals surface area contributed by atoms with Crippen LogP contribution in [0.4, 0.5) is 0 Å². The van der Waals surface area contributed by atoms with E-state index in [0.29, 0.717) is 0 Å². The summed E-state index contributed by atoms with van der Waals surface area (Å²) in [5, 5.41) is 0. The second kappa shape index (κ2) is 6.28. The Hall–Kier alpha value is -0.260. The van der Waals surface area contributed by atoms with Gasteiger partial charge in [0.25, 0.3) is 0 Å². The van der Waals surface area contributed by atoms with Gasteiger partial charge in [-0.3, -0.25) is 0 Å². The Bertz CT molecular complexity index is 124. The summed E-state index contributed by atoms with van der Waals surface area (Å²) >= 11 is 0. The Morgan fingerprint density at radius 1 is 1.08 bits per heavy atom. The minimum absolute atomic E-state index is 0.861. The molecule has 0 aromatic carbocycles. The lowest BCUT2D eigenvalue weighted by atomic mass is 9.93. The van der Waals surface area contributed by atoms with Crippen LogP contribution < -0.4 is 0 Å². The van der Waals surface area contributed by atoms with Gasteiger partial charge in [-0.2, -0.15) is 0 Å². The summed E-state index contributed by atoms with van der Waals surface area (Å²) in [4.78, 5) is 0. The molecule has 0 heteroatoms. The van der Waals surface area contributed by atoms with Crippen molar-refractivity contribution >= 4 is 0 Å². The van der Waals surface area contributed by atoms with Crippen LogP contribution in [0.1, 0.15) is 51.4 Å². The van der Waals surface area contributed by atoms with Gasteiger partial charge in [0, 0.05) is 0 Å². The third-order valence-electron chi connectivity index (χ3n) is 2.78. The van der Waals surface area contributed by atoms with Crippen molar-refractivity contribution in [1.29, 1.82) is 0 Å². The van der Waals surface area contributed by atoms with E-state index in [0.717, 1.165) is 12.3 Å². The van der Waals surface area contributed by atoms with E-state index in [1.807, 2.05) is 0 Å². The van der Waals surface area contributed by atoms with Gasteiger partial charge in [0.05, 0.1) is 0 Å². The monoisotopic (exact) mass is 165 g/mol. The molecule has 0 N–H and O–H groups in total. The maximum absolute atomic E-state index is 4.00. The summed E-state index contributed by atoms with van der Waals surface area (Å²) in [6.45, 7) is 4.00. The van der Waals surface area contributed by atoms with E-state index in [4.69, 9.17) is 0 Å². The summed E-state index contributed by atoms with van der Waals surface area (Å²) in [7, 11) is 0. The summed E-state index contributed by atoms with van der Waals surface area (Å²) in [6.07, 6.45) is 15.5.